The van der Waals surface area contributed by atoms with Crippen molar-refractivity contribution in [2.45, 2.75) is 280 Å². The van der Waals surface area contributed by atoms with Crippen molar-refractivity contribution in [2.24, 2.45) is 35.5 Å². The van der Waals surface area contributed by atoms with E-state index < -0.39 is 63.8 Å². The smallest absolute Gasteiger partial charge is 0.259 e. The van der Waals surface area contributed by atoms with Crippen LogP contribution in [0.2, 0.25) is 0 Å². The van der Waals surface area contributed by atoms with Gasteiger partial charge in [-0.2, -0.15) is 5.26 Å². The van der Waals surface area contributed by atoms with Crippen LogP contribution < -0.4 is 42.5 Å². The number of rotatable bonds is 70. The van der Waals surface area contributed by atoms with Crippen molar-refractivity contribution in [1.82, 2.24) is 47.2 Å². The van der Waals surface area contributed by atoms with Gasteiger partial charge in [-0.05, 0) is 134 Å². The summed E-state index contributed by atoms with van der Waals surface area (Å²) in [5.41, 5.74) is 0. The molecule has 0 aromatic carbocycles. The standard InChI is InChI=1S/C84H155N10O25P/c1-17-71-60(8)63(11)77(89-66(14)95)82(117-71)112-52-49-106-40-37-103-43-46-109-55-74(98)86-32-25-22-29-69(80(101)88-34-24-20-21-27-35-115-120(116-36-28-31-85)94(58(4)5)59(6)7)93-81(102)70(92-76(100)57-111-48-45-105-39-42-108-51-54-114-84-79(91-68(16)97)65(13)62(10)73(19-3)119-84)30-23-26-33-87-75(99)56-110-47-44-104-38-41-107-50-53-113-83-78(90-67(15)96)64(12)61(9)72(18-2)118-83/h58-65,69-73,77-79,82-84H,17-30,32-57H2,1-16H3,(H,86,98)(H,87,99)(H,88,101)(H,89,95)(H,90,96)(H,91,97)(H,92,100)(H,93,102)/t60-,61-,62-,63+,64+,65+,69+,70+,71-,72-,73-,77-,78-,79-,82-,83-,84-,120?/m1/s1. The summed E-state index contributed by atoms with van der Waals surface area (Å²) in [5.74, 6) is -1.52. The first-order valence-corrected chi connectivity index (χ1v) is 45.3. The molecular formula is C84H155N10O25P. The molecule has 3 heterocycles. The minimum Gasteiger partial charge on any atom is -0.377 e. The monoisotopic (exact) mass is 1740 g/mol. The largest absolute Gasteiger partial charge is 0.377 e. The average Bonchev–Trinajstić information content (AvgIpc) is 0.819. The fourth-order valence-electron chi connectivity index (χ4n) is 14.4. The molecule has 3 saturated heterocycles. The van der Waals surface area contributed by atoms with Crippen molar-refractivity contribution < 1.29 is 118 Å². The predicted molar refractivity (Wildman–Crippen MR) is 450 cm³/mol. The van der Waals surface area contributed by atoms with Crippen LogP contribution in [0.5, 0.6) is 0 Å². The molecule has 0 saturated carbocycles. The number of nitrogens with one attached hydrogen (secondary N) is 8. The first kappa shape index (κ1) is 109. The first-order valence-electron chi connectivity index (χ1n) is 44.1. The van der Waals surface area contributed by atoms with Crippen LogP contribution in [0.15, 0.2) is 0 Å². The lowest BCUT2D eigenvalue weighted by molar-refractivity contribution is -0.239. The Hall–Kier alpha value is -5.04. The maximum Gasteiger partial charge on any atom is 0.259 e. The summed E-state index contributed by atoms with van der Waals surface area (Å²) in [6.45, 7) is 36.7. The highest BCUT2D eigenvalue weighted by atomic mass is 31.2. The molecule has 8 amide bonds. The zero-order valence-electron chi connectivity index (χ0n) is 75.3. The SMILES string of the molecule is CC[C@H]1O[C@@H](OCCOCCOCCOCC(=O)NCCCC[C@H](NC(=O)COCCOCCOCCO[C@@H]2O[C@H](CC)[C@H](C)[C@H](C)[C@H]2NC(C)=O)C(=O)N[C@@H](CCCCNC(=O)COCCOCCOCCO[C@@H]2O[C@H](CC)[C@H](C)[C@H](C)[C@H]2NC(C)=O)C(=O)NCCCCCCOP(OCCC#N)N(C(C)C)C(C)C)[C@H](NC(C)=O)[C@@H](C)[C@H]1C. The maximum absolute atomic E-state index is 14.5. The molecule has 3 rings (SSSR count). The summed E-state index contributed by atoms with van der Waals surface area (Å²) in [6.07, 6.45) is 6.02. The van der Waals surface area contributed by atoms with Crippen LogP contribution in [0.1, 0.15) is 201 Å². The van der Waals surface area contributed by atoms with Gasteiger partial charge < -0.3 is 123 Å². The van der Waals surface area contributed by atoms with Gasteiger partial charge in [-0.1, -0.05) is 75.2 Å². The molecule has 3 aliphatic rings. The van der Waals surface area contributed by atoms with Gasteiger partial charge in [-0.25, -0.2) is 4.67 Å². The lowest BCUT2D eigenvalue weighted by Gasteiger charge is -2.44. The second kappa shape index (κ2) is 66.4. The highest BCUT2D eigenvalue weighted by Crippen LogP contribution is 2.46. The van der Waals surface area contributed by atoms with E-state index in [0.717, 1.165) is 38.5 Å². The Bertz CT molecular complexity index is 2820. The number of ether oxygens (including phenoxy) is 15. The van der Waals surface area contributed by atoms with E-state index in [1.54, 1.807) is 0 Å². The van der Waals surface area contributed by atoms with Crippen molar-refractivity contribution in [2.75, 3.05) is 172 Å². The van der Waals surface area contributed by atoms with E-state index >= 15 is 0 Å². The number of carbonyl (C=O) groups excluding carboxylic acids is 8. The van der Waals surface area contributed by atoms with E-state index in [2.05, 4.69) is 143 Å². The highest BCUT2D eigenvalue weighted by Gasteiger charge is 2.45. The third-order valence-electron chi connectivity index (χ3n) is 21.5. The van der Waals surface area contributed by atoms with E-state index in [1.807, 2.05) is 0 Å². The minimum absolute atomic E-state index is 0.000992. The predicted octanol–water partition coefficient (Wildman–Crippen LogP) is 6.43. The molecule has 0 radical (unpaired) electrons. The third kappa shape index (κ3) is 46.3. The molecule has 0 aliphatic carbocycles. The Morgan fingerprint density at radius 2 is 0.692 bits per heavy atom. The summed E-state index contributed by atoms with van der Waals surface area (Å²) in [6, 6.07) is -0.508. The molecular weight excluding hydrogens is 1580 g/mol. The van der Waals surface area contributed by atoms with E-state index in [1.165, 1.54) is 20.8 Å². The van der Waals surface area contributed by atoms with Gasteiger partial charge in [0.15, 0.2) is 18.9 Å². The molecule has 18 atom stereocenters. The minimum atomic E-state index is -1.37. The topological polar surface area (TPSA) is 417 Å². The molecule has 3 fully saturated rings. The quantitative estimate of drug-likeness (QED) is 0.0240. The number of nitriles is 1. The summed E-state index contributed by atoms with van der Waals surface area (Å²) in [7, 11) is -1.37. The van der Waals surface area contributed by atoms with E-state index in [4.69, 9.17) is 85.4 Å². The molecule has 696 valence electrons. The lowest BCUT2D eigenvalue weighted by Crippen LogP contribution is -2.57. The maximum atomic E-state index is 14.5. The third-order valence-corrected chi connectivity index (χ3v) is 23.6. The molecule has 0 aromatic rings. The van der Waals surface area contributed by atoms with Gasteiger partial charge in [0.1, 0.15) is 31.9 Å². The van der Waals surface area contributed by atoms with E-state index in [0.29, 0.717) is 84.9 Å². The fourth-order valence-corrected chi connectivity index (χ4v) is 16.1. The summed E-state index contributed by atoms with van der Waals surface area (Å²) < 4.78 is 102. The zero-order valence-corrected chi connectivity index (χ0v) is 76.2. The van der Waals surface area contributed by atoms with Crippen molar-refractivity contribution in [1.29, 1.82) is 5.26 Å². The number of unbranched alkanes of at least 4 members (excludes halogenated alkanes) is 5. The molecule has 1 unspecified atom stereocenters. The van der Waals surface area contributed by atoms with Crippen LogP contribution in [-0.4, -0.2) is 303 Å². The second-order valence-corrected chi connectivity index (χ2v) is 33.0. The number of hydrogen-bond donors (Lipinski definition) is 8. The van der Waals surface area contributed by atoms with E-state index in [-0.39, 0.29) is 245 Å². The fraction of sp³-hybridized carbons (Fsp3) is 0.893. The van der Waals surface area contributed by atoms with Crippen LogP contribution >= 0.6 is 8.53 Å². The zero-order chi connectivity index (χ0) is 88.4. The average molecular weight is 1740 g/mol. The van der Waals surface area contributed by atoms with E-state index in [9.17, 15) is 38.4 Å². The van der Waals surface area contributed by atoms with Gasteiger partial charge in [0.05, 0.1) is 181 Å². The van der Waals surface area contributed by atoms with Crippen molar-refractivity contribution in [3.05, 3.63) is 0 Å². The second-order valence-electron chi connectivity index (χ2n) is 31.6. The van der Waals surface area contributed by atoms with Crippen LogP contribution in [0.3, 0.4) is 0 Å². The number of hydrogen-bond acceptors (Lipinski definition) is 27. The molecule has 120 heavy (non-hydrogen) atoms. The van der Waals surface area contributed by atoms with Gasteiger partial charge in [0, 0.05) is 52.5 Å². The molecule has 36 heteroatoms. The van der Waals surface area contributed by atoms with Gasteiger partial charge in [0.25, 0.3) is 8.53 Å². The highest BCUT2D eigenvalue weighted by molar-refractivity contribution is 7.44. The van der Waals surface area contributed by atoms with Crippen molar-refractivity contribution in [3.8, 4) is 6.07 Å². The molecule has 0 bridgehead atoms. The Morgan fingerprint density at radius 3 is 1.04 bits per heavy atom. The Labute approximate surface area is 717 Å². The van der Waals surface area contributed by atoms with Crippen molar-refractivity contribution >= 4 is 55.8 Å². The van der Waals surface area contributed by atoms with Crippen LogP contribution in [0, 0.1) is 46.8 Å². The Morgan fingerprint density at radius 1 is 0.375 bits per heavy atom. The van der Waals surface area contributed by atoms with Crippen LogP contribution in [0.4, 0.5) is 0 Å². The Balaban J connectivity index is 1.56. The summed E-state index contributed by atoms with van der Waals surface area (Å²) >= 11 is 0. The summed E-state index contributed by atoms with van der Waals surface area (Å²) in [4.78, 5) is 104. The molecule has 35 nitrogen and oxygen atoms in total. The normalized spacial score (nSPS) is 23.8. The Kier molecular flexibility index (Phi) is 60.4. The molecule has 0 aromatic heterocycles. The molecule has 8 N–H and O–H groups in total. The van der Waals surface area contributed by atoms with Gasteiger partial charge in [0.2, 0.25) is 47.3 Å². The van der Waals surface area contributed by atoms with Crippen LogP contribution in [0.25, 0.3) is 0 Å². The first-order chi connectivity index (χ1) is 57.7. The molecule has 0 spiro atoms. The van der Waals surface area contributed by atoms with Gasteiger partial charge in [-0.3, -0.25) is 38.4 Å². The van der Waals surface area contributed by atoms with Crippen LogP contribution in [-0.2, 0) is 118 Å². The van der Waals surface area contributed by atoms with Gasteiger partial charge >= 0.3 is 0 Å². The van der Waals surface area contributed by atoms with Gasteiger partial charge in [-0.15, -0.1) is 0 Å². The summed E-state index contributed by atoms with van der Waals surface area (Å²) in [5, 5.41) is 32.5. The lowest BCUT2D eigenvalue weighted by atomic mass is 9.81. The number of carbonyl (C=O) groups is 8. The molecule has 3 aliphatic heterocycles. The van der Waals surface area contributed by atoms with Crippen molar-refractivity contribution in [3.63, 3.8) is 0 Å². The number of nitrogens with zero attached hydrogens (tertiary/aromatic N) is 2. The number of amides is 8.